The molecular weight excluding hydrogens is 176 g/mol. The van der Waals surface area contributed by atoms with Gasteiger partial charge in [-0.1, -0.05) is 6.08 Å². The molecule has 0 fully saturated rings. The van der Waals surface area contributed by atoms with E-state index in [1.807, 2.05) is 0 Å². The molecule has 72 valence electrons. The quantitative estimate of drug-likeness (QED) is 0.736. The maximum Gasteiger partial charge on any atom is 0.121 e. The first-order valence-electron chi connectivity index (χ1n) is 4.24. The van der Waals surface area contributed by atoms with Crippen molar-refractivity contribution in [3.8, 4) is 11.8 Å². The Morgan fingerprint density at radius 1 is 1.64 bits per heavy atom. The molecule has 0 aliphatic heterocycles. The lowest BCUT2D eigenvalue weighted by atomic mass is 10.2. The number of nitrogens with one attached hydrogen (secondary N) is 1. The monoisotopic (exact) mass is 188 g/mol. The van der Waals surface area contributed by atoms with E-state index in [4.69, 9.17) is 10.00 Å². The number of hydrogen-bond donors (Lipinski definition) is 1. The molecule has 0 aliphatic rings. The van der Waals surface area contributed by atoms with E-state index in [9.17, 15) is 0 Å². The fourth-order valence-electron chi connectivity index (χ4n) is 1.08. The summed E-state index contributed by atoms with van der Waals surface area (Å²) in [5, 5.41) is 11.9. The van der Waals surface area contributed by atoms with Crippen LogP contribution < -0.4 is 10.1 Å². The van der Waals surface area contributed by atoms with Crippen LogP contribution in [0.2, 0.25) is 0 Å². The lowest BCUT2D eigenvalue weighted by molar-refractivity contribution is 0.415. The molecule has 3 nitrogen and oxygen atoms in total. The van der Waals surface area contributed by atoms with E-state index in [1.165, 1.54) is 0 Å². The van der Waals surface area contributed by atoms with Crippen molar-refractivity contribution >= 4 is 5.69 Å². The van der Waals surface area contributed by atoms with Gasteiger partial charge in [0.1, 0.15) is 11.8 Å². The standard InChI is InChI=1S/C11H12N2O/c1-3-6-13-11-7-10(14-2)5-4-9(11)8-12/h3-5,7,13H,1,6H2,2H3. The van der Waals surface area contributed by atoms with Gasteiger partial charge in [-0.25, -0.2) is 0 Å². The maximum atomic E-state index is 8.82. The number of nitrogens with zero attached hydrogens (tertiary/aromatic N) is 1. The number of anilines is 1. The third-order valence-corrected chi connectivity index (χ3v) is 1.78. The summed E-state index contributed by atoms with van der Waals surface area (Å²) in [7, 11) is 1.60. The Labute approximate surface area is 83.6 Å². The Hall–Kier alpha value is -1.95. The second kappa shape index (κ2) is 4.93. The van der Waals surface area contributed by atoms with Crippen LogP contribution in [0.4, 0.5) is 5.69 Å². The Balaban J connectivity index is 2.97. The van der Waals surface area contributed by atoms with Crippen LogP contribution in [0.5, 0.6) is 5.75 Å². The summed E-state index contributed by atoms with van der Waals surface area (Å²) in [6, 6.07) is 7.39. The molecule has 1 rings (SSSR count). The fourth-order valence-corrected chi connectivity index (χ4v) is 1.08. The minimum atomic E-state index is 0.604. The average Bonchev–Trinajstić information content (AvgIpc) is 2.25. The minimum absolute atomic E-state index is 0.604. The van der Waals surface area contributed by atoms with Crippen molar-refractivity contribution in [1.82, 2.24) is 0 Å². The highest BCUT2D eigenvalue weighted by atomic mass is 16.5. The van der Waals surface area contributed by atoms with Crippen LogP contribution in [0.15, 0.2) is 30.9 Å². The summed E-state index contributed by atoms with van der Waals surface area (Å²) in [6.07, 6.45) is 1.74. The number of rotatable bonds is 4. The van der Waals surface area contributed by atoms with Crippen LogP contribution in [0, 0.1) is 11.3 Å². The average molecular weight is 188 g/mol. The lowest BCUT2D eigenvalue weighted by Crippen LogP contribution is -2.00. The zero-order chi connectivity index (χ0) is 10.4. The highest BCUT2D eigenvalue weighted by Crippen LogP contribution is 2.21. The summed E-state index contributed by atoms with van der Waals surface area (Å²) in [6.45, 7) is 4.22. The van der Waals surface area contributed by atoms with Crippen LogP contribution in [0.1, 0.15) is 5.56 Å². The van der Waals surface area contributed by atoms with E-state index in [0.29, 0.717) is 12.1 Å². The minimum Gasteiger partial charge on any atom is -0.497 e. The second-order valence-electron chi connectivity index (χ2n) is 2.69. The van der Waals surface area contributed by atoms with Crippen LogP contribution in [-0.2, 0) is 0 Å². The summed E-state index contributed by atoms with van der Waals surface area (Å²) in [5.74, 6) is 0.732. The van der Waals surface area contributed by atoms with Crippen molar-refractivity contribution in [2.75, 3.05) is 19.0 Å². The van der Waals surface area contributed by atoms with Gasteiger partial charge in [-0.3, -0.25) is 0 Å². The van der Waals surface area contributed by atoms with E-state index >= 15 is 0 Å². The maximum absolute atomic E-state index is 8.82. The van der Waals surface area contributed by atoms with E-state index in [1.54, 1.807) is 31.4 Å². The van der Waals surface area contributed by atoms with Gasteiger partial charge in [0.15, 0.2) is 0 Å². The van der Waals surface area contributed by atoms with Gasteiger partial charge >= 0.3 is 0 Å². The molecule has 1 aromatic rings. The third-order valence-electron chi connectivity index (χ3n) is 1.78. The van der Waals surface area contributed by atoms with Crippen molar-refractivity contribution in [2.45, 2.75) is 0 Å². The number of ether oxygens (including phenoxy) is 1. The second-order valence-corrected chi connectivity index (χ2v) is 2.69. The van der Waals surface area contributed by atoms with E-state index in [-0.39, 0.29) is 0 Å². The van der Waals surface area contributed by atoms with Gasteiger partial charge in [-0.05, 0) is 12.1 Å². The molecule has 0 heterocycles. The Bertz CT molecular complexity index is 366. The van der Waals surface area contributed by atoms with E-state index < -0.39 is 0 Å². The number of methoxy groups -OCH3 is 1. The molecule has 14 heavy (non-hydrogen) atoms. The molecule has 0 atom stereocenters. The highest BCUT2D eigenvalue weighted by molar-refractivity contribution is 5.60. The van der Waals surface area contributed by atoms with Gasteiger partial charge in [0.2, 0.25) is 0 Å². The van der Waals surface area contributed by atoms with Gasteiger partial charge < -0.3 is 10.1 Å². The van der Waals surface area contributed by atoms with Gasteiger partial charge in [0.25, 0.3) is 0 Å². The van der Waals surface area contributed by atoms with Gasteiger partial charge in [-0.2, -0.15) is 5.26 Å². The summed E-state index contributed by atoms with van der Waals surface area (Å²) in [5.41, 5.74) is 1.37. The van der Waals surface area contributed by atoms with Crippen LogP contribution in [0.3, 0.4) is 0 Å². The molecule has 0 unspecified atom stereocenters. The van der Waals surface area contributed by atoms with Gasteiger partial charge in [0.05, 0.1) is 18.4 Å². The molecule has 1 aromatic carbocycles. The van der Waals surface area contributed by atoms with Crippen molar-refractivity contribution in [3.05, 3.63) is 36.4 Å². The predicted octanol–water partition coefficient (Wildman–Crippen LogP) is 2.16. The molecule has 0 radical (unpaired) electrons. The Morgan fingerprint density at radius 2 is 2.43 bits per heavy atom. The van der Waals surface area contributed by atoms with Crippen LogP contribution in [-0.4, -0.2) is 13.7 Å². The fraction of sp³-hybridized carbons (Fsp3) is 0.182. The van der Waals surface area contributed by atoms with Gasteiger partial charge in [-0.15, -0.1) is 6.58 Å². The molecule has 0 saturated carbocycles. The van der Waals surface area contributed by atoms with Gasteiger partial charge in [0, 0.05) is 12.6 Å². The molecule has 1 N–H and O–H groups in total. The molecule has 0 aromatic heterocycles. The normalized spacial score (nSPS) is 8.86. The molecule has 0 spiro atoms. The zero-order valence-electron chi connectivity index (χ0n) is 8.08. The topological polar surface area (TPSA) is 45.0 Å². The first-order valence-corrected chi connectivity index (χ1v) is 4.24. The first kappa shape index (κ1) is 10.1. The smallest absolute Gasteiger partial charge is 0.121 e. The summed E-state index contributed by atoms with van der Waals surface area (Å²) < 4.78 is 5.06. The molecular formula is C11H12N2O. The number of benzene rings is 1. The lowest BCUT2D eigenvalue weighted by Gasteiger charge is -2.07. The first-order chi connectivity index (χ1) is 6.81. The number of hydrogen-bond acceptors (Lipinski definition) is 3. The SMILES string of the molecule is C=CCNc1cc(OC)ccc1C#N. The predicted molar refractivity (Wildman–Crippen MR) is 56.4 cm³/mol. The Kier molecular flexibility index (Phi) is 3.57. The molecule has 0 saturated heterocycles. The molecule has 0 bridgehead atoms. The van der Waals surface area contributed by atoms with Crippen molar-refractivity contribution in [1.29, 1.82) is 5.26 Å². The van der Waals surface area contributed by atoms with E-state index in [0.717, 1.165) is 11.4 Å². The van der Waals surface area contributed by atoms with Crippen molar-refractivity contribution in [3.63, 3.8) is 0 Å². The van der Waals surface area contributed by atoms with Crippen LogP contribution >= 0.6 is 0 Å². The largest absolute Gasteiger partial charge is 0.497 e. The Morgan fingerprint density at radius 3 is 3.00 bits per heavy atom. The van der Waals surface area contributed by atoms with Crippen LogP contribution in [0.25, 0.3) is 0 Å². The third kappa shape index (κ3) is 2.27. The number of nitriles is 1. The highest BCUT2D eigenvalue weighted by Gasteiger charge is 2.01. The molecule has 0 amide bonds. The summed E-state index contributed by atoms with van der Waals surface area (Å²) in [4.78, 5) is 0. The molecule has 0 aliphatic carbocycles. The van der Waals surface area contributed by atoms with Crippen molar-refractivity contribution < 1.29 is 4.74 Å². The van der Waals surface area contributed by atoms with E-state index in [2.05, 4.69) is 18.0 Å². The molecule has 3 heteroatoms. The zero-order valence-corrected chi connectivity index (χ0v) is 8.08. The van der Waals surface area contributed by atoms with Crippen molar-refractivity contribution in [2.24, 2.45) is 0 Å². The summed E-state index contributed by atoms with van der Waals surface area (Å²) >= 11 is 0.